The number of ether oxygens (including phenoxy) is 2. The van der Waals surface area contributed by atoms with Crippen molar-refractivity contribution in [3.05, 3.63) is 0 Å². The molecule has 0 aromatic heterocycles. The Bertz CT molecular complexity index is 557. The number of carbonyl (C=O) groups excluding carboxylic acids is 2. The fourth-order valence-corrected chi connectivity index (χ4v) is 5.24. The number of aliphatic hydroxyl groups excluding tert-OH is 1. The maximum atomic E-state index is 12.4. The van der Waals surface area contributed by atoms with Crippen molar-refractivity contribution in [3.8, 4) is 0 Å². The number of hydrogen-bond acceptors (Lipinski definition) is 5. The summed E-state index contributed by atoms with van der Waals surface area (Å²) >= 11 is 0. The monoisotopic (exact) mass is 410 g/mol. The molecule has 0 saturated heterocycles. The molecule has 0 aliphatic heterocycles. The molecule has 29 heavy (non-hydrogen) atoms. The van der Waals surface area contributed by atoms with Crippen LogP contribution in [0.3, 0.4) is 0 Å². The third-order valence-electron chi connectivity index (χ3n) is 7.14. The van der Waals surface area contributed by atoms with Gasteiger partial charge in [-0.2, -0.15) is 0 Å². The Kier molecular flexibility index (Phi) is 8.57. The van der Waals surface area contributed by atoms with Gasteiger partial charge in [-0.3, -0.25) is 9.59 Å². The summed E-state index contributed by atoms with van der Waals surface area (Å²) in [5.74, 6) is 1.44. The van der Waals surface area contributed by atoms with Gasteiger partial charge < -0.3 is 14.6 Å². The van der Waals surface area contributed by atoms with E-state index in [1.54, 1.807) is 0 Å². The average molecular weight is 411 g/mol. The molecule has 2 saturated carbocycles. The van der Waals surface area contributed by atoms with Crippen molar-refractivity contribution in [2.75, 3.05) is 0 Å². The summed E-state index contributed by atoms with van der Waals surface area (Å²) in [5, 5.41) is 10.4. The van der Waals surface area contributed by atoms with Gasteiger partial charge in [0.25, 0.3) is 0 Å². The van der Waals surface area contributed by atoms with E-state index in [0.29, 0.717) is 30.1 Å². The minimum absolute atomic E-state index is 0.0345. The van der Waals surface area contributed by atoms with Crippen LogP contribution < -0.4 is 0 Å². The maximum absolute atomic E-state index is 12.4. The first kappa shape index (κ1) is 24.2. The van der Waals surface area contributed by atoms with E-state index in [1.165, 1.54) is 6.42 Å². The Balaban J connectivity index is 1.79. The molecule has 0 radical (unpaired) electrons. The van der Waals surface area contributed by atoms with E-state index in [-0.39, 0.29) is 36.8 Å². The van der Waals surface area contributed by atoms with E-state index in [4.69, 9.17) is 9.47 Å². The van der Waals surface area contributed by atoms with Gasteiger partial charge in [0, 0.05) is 6.42 Å². The van der Waals surface area contributed by atoms with Crippen LogP contribution in [-0.4, -0.2) is 34.9 Å². The smallest absolute Gasteiger partial charge is 0.306 e. The van der Waals surface area contributed by atoms with Crippen LogP contribution in [0.25, 0.3) is 0 Å². The molecule has 1 N–H and O–H groups in total. The molecule has 3 unspecified atom stereocenters. The third-order valence-corrected chi connectivity index (χ3v) is 7.14. The molecule has 0 aromatic carbocycles. The highest BCUT2D eigenvalue weighted by Crippen LogP contribution is 2.38. The van der Waals surface area contributed by atoms with Crippen molar-refractivity contribution in [3.63, 3.8) is 0 Å². The molecular formula is C24H42O5. The molecule has 0 amide bonds. The highest BCUT2D eigenvalue weighted by Gasteiger charge is 2.40. The molecule has 2 aliphatic carbocycles. The lowest BCUT2D eigenvalue weighted by atomic mass is 9.73. The first-order chi connectivity index (χ1) is 13.5. The van der Waals surface area contributed by atoms with Gasteiger partial charge in [-0.15, -0.1) is 0 Å². The highest BCUT2D eigenvalue weighted by atomic mass is 16.6. The van der Waals surface area contributed by atoms with Crippen LogP contribution >= 0.6 is 0 Å². The van der Waals surface area contributed by atoms with E-state index in [9.17, 15) is 14.7 Å². The lowest BCUT2D eigenvalue weighted by molar-refractivity contribution is -0.171. The van der Waals surface area contributed by atoms with Crippen LogP contribution in [0.5, 0.6) is 0 Å². The van der Waals surface area contributed by atoms with Crippen LogP contribution in [0, 0.1) is 29.6 Å². The lowest BCUT2D eigenvalue weighted by Crippen LogP contribution is -2.44. The van der Waals surface area contributed by atoms with Gasteiger partial charge in [-0.05, 0) is 62.2 Å². The number of esters is 2. The molecule has 5 heteroatoms. The predicted octanol–water partition coefficient (Wildman–Crippen LogP) is 4.89. The van der Waals surface area contributed by atoms with Crippen molar-refractivity contribution < 1.29 is 24.2 Å². The van der Waals surface area contributed by atoms with E-state index in [0.717, 1.165) is 25.7 Å². The van der Waals surface area contributed by atoms with Crippen LogP contribution in [0.4, 0.5) is 0 Å². The zero-order chi connectivity index (χ0) is 21.8. The molecule has 5 nitrogen and oxygen atoms in total. The van der Waals surface area contributed by atoms with E-state index < -0.39 is 11.7 Å². The van der Waals surface area contributed by atoms with Gasteiger partial charge in [0.15, 0.2) is 0 Å². The molecule has 168 valence electrons. The first-order valence-electron chi connectivity index (χ1n) is 11.6. The summed E-state index contributed by atoms with van der Waals surface area (Å²) in [6, 6.07) is 0. The Morgan fingerprint density at radius 2 is 1.62 bits per heavy atom. The van der Waals surface area contributed by atoms with Crippen molar-refractivity contribution in [2.45, 2.75) is 111 Å². The second-order valence-electron chi connectivity index (χ2n) is 10.5. The average Bonchev–Trinajstić information content (AvgIpc) is 2.59. The van der Waals surface area contributed by atoms with Crippen molar-refractivity contribution >= 4 is 11.9 Å². The fourth-order valence-electron chi connectivity index (χ4n) is 5.24. The molecule has 0 aromatic rings. The second kappa shape index (κ2) is 10.3. The summed E-state index contributed by atoms with van der Waals surface area (Å²) in [4.78, 5) is 24.7. The number of carbonyl (C=O) groups is 2. The van der Waals surface area contributed by atoms with Crippen LogP contribution in [0.15, 0.2) is 0 Å². The molecule has 0 spiro atoms. The minimum Gasteiger partial charge on any atom is -0.462 e. The lowest BCUT2D eigenvalue weighted by Gasteiger charge is -2.41. The molecule has 2 aliphatic rings. The number of rotatable bonds is 7. The van der Waals surface area contributed by atoms with Crippen LogP contribution in [0.1, 0.15) is 92.9 Å². The Morgan fingerprint density at radius 3 is 2.21 bits per heavy atom. The summed E-state index contributed by atoms with van der Waals surface area (Å²) in [6.07, 6.45) is 4.85. The topological polar surface area (TPSA) is 72.8 Å². The van der Waals surface area contributed by atoms with Crippen LogP contribution in [-0.2, 0) is 19.1 Å². The second-order valence-corrected chi connectivity index (χ2v) is 10.5. The van der Waals surface area contributed by atoms with E-state index >= 15 is 0 Å². The van der Waals surface area contributed by atoms with E-state index in [1.807, 2.05) is 6.92 Å². The molecule has 2 rings (SSSR count). The predicted molar refractivity (Wildman–Crippen MR) is 113 cm³/mol. The quantitative estimate of drug-likeness (QED) is 0.605. The number of hydrogen-bond donors (Lipinski definition) is 1. The molecule has 6 atom stereocenters. The molecular weight excluding hydrogens is 368 g/mol. The summed E-state index contributed by atoms with van der Waals surface area (Å²) in [6.45, 7) is 12.7. The SMILES string of the molecule is CC1CCC(C(C)C)C(OC(=O)CCC(=O)O[C@]2(C)CC[C@@H](C(C)C)[C@H](O)C2)C1. The number of aliphatic hydroxyl groups is 1. The van der Waals surface area contributed by atoms with Gasteiger partial charge in [0.05, 0.1) is 18.9 Å². The molecule has 2 fully saturated rings. The Morgan fingerprint density at radius 1 is 1.00 bits per heavy atom. The van der Waals surface area contributed by atoms with Gasteiger partial charge in [-0.25, -0.2) is 0 Å². The Labute approximate surface area is 176 Å². The van der Waals surface area contributed by atoms with E-state index in [2.05, 4.69) is 34.6 Å². The van der Waals surface area contributed by atoms with Gasteiger partial charge in [0.2, 0.25) is 0 Å². The van der Waals surface area contributed by atoms with Crippen molar-refractivity contribution in [1.82, 2.24) is 0 Å². The zero-order valence-corrected chi connectivity index (χ0v) is 19.3. The van der Waals surface area contributed by atoms with Gasteiger partial charge in [0.1, 0.15) is 11.7 Å². The maximum Gasteiger partial charge on any atom is 0.306 e. The molecule has 0 bridgehead atoms. The summed E-state index contributed by atoms with van der Waals surface area (Å²) in [7, 11) is 0. The normalized spacial score (nSPS) is 35.6. The van der Waals surface area contributed by atoms with Crippen molar-refractivity contribution in [2.24, 2.45) is 29.6 Å². The largest absolute Gasteiger partial charge is 0.462 e. The van der Waals surface area contributed by atoms with Gasteiger partial charge >= 0.3 is 11.9 Å². The first-order valence-corrected chi connectivity index (χ1v) is 11.6. The summed E-state index contributed by atoms with van der Waals surface area (Å²) < 4.78 is 11.5. The van der Waals surface area contributed by atoms with Crippen LogP contribution in [0.2, 0.25) is 0 Å². The zero-order valence-electron chi connectivity index (χ0n) is 19.3. The molecule has 0 heterocycles. The standard InChI is InChI=1S/C24H42O5/c1-15(2)18-11-12-24(6,14-20(18)25)29-23(27)10-9-22(26)28-21-13-17(5)7-8-19(21)16(3)4/h15-21,25H,7-14H2,1-6H3/t17?,18-,19?,20+,21?,24+/m0/s1. The van der Waals surface area contributed by atoms with Crippen molar-refractivity contribution in [1.29, 1.82) is 0 Å². The minimum atomic E-state index is -0.646. The van der Waals surface area contributed by atoms with Gasteiger partial charge in [-0.1, -0.05) is 41.0 Å². The summed E-state index contributed by atoms with van der Waals surface area (Å²) in [5.41, 5.74) is -0.646. The fraction of sp³-hybridized carbons (Fsp3) is 0.917. The highest BCUT2D eigenvalue weighted by molar-refractivity contribution is 5.78. The Hall–Kier alpha value is -1.10. The third kappa shape index (κ3) is 6.97.